The van der Waals surface area contributed by atoms with Crippen molar-refractivity contribution in [2.75, 3.05) is 39.6 Å². The second kappa shape index (κ2) is 34.7. The number of benzene rings is 3. The molecule has 1 aliphatic heterocycles. The fourth-order valence-electron chi connectivity index (χ4n) is 9.37. The summed E-state index contributed by atoms with van der Waals surface area (Å²) in [6, 6.07) is 13.7. The van der Waals surface area contributed by atoms with Crippen molar-refractivity contribution in [2.45, 2.75) is 234 Å². The Bertz CT molecular complexity index is 1390. The predicted octanol–water partition coefficient (Wildman–Crippen LogP) is 17.1. The third-order valence-electron chi connectivity index (χ3n) is 13.4. The molecule has 0 fully saturated rings. The van der Waals surface area contributed by atoms with E-state index in [1.807, 2.05) is 0 Å². The third kappa shape index (κ3) is 20.8. The van der Waals surface area contributed by atoms with Gasteiger partial charge in [0.2, 0.25) is 0 Å². The number of unbranched alkanes of at least 4 members (excludes halogenated alkanes) is 18. The summed E-state index contributed by atoms with van der Waals surface area (Å²) in [6.45, 7) is 16.1. The van der Waals surface area contributed by atoms with E-state index in [-0.39, 0.29) is 0 Å². The molecule has 6 heteroatoms. The van der Waals surface area contributed by atoms with Crippen LogP contribution in [-0.4, -0.2) is 39.6 Å². The molecule has 0 aliphatic carbocycles. The van der Waals surface area contributed by atoms with E-state index in [0.29, 0.717) is 39.6 Å². The first-order chi connectivity index (χ1) is 32.5. The molecule has 0 N–H and O–H groups in total. The summed E-state index contributed by atoms with van der Waals surface area (Å²) in [5.41, 5.74) is 8.36. The van der Waals surface area contributed by atoms with Gasteiger partial charge in [-0.1, -0.05) is 157 Å². The summed E-state index contributed by atoms with van der Waals surface area (Å²) in [5.74, 6) is 4.77. The van der Waals surface area contributed by atoms with Gasteiger partial charge in [0.05, 0.1) is 0 Å². The Morgan fingerprint density at radius 1 is 0.227 bits per heavy atom. The second-order valence-electron chi connectivity index (χ2n) is 19.2. The summed E-state index contributed by atoms with van der Waals surface area (Å²) < 4.78 is 40.0. The van der Waals surface area contributed by atoms with E-state index < -0.39 is 0 Å². The molecular weight excluding hydrogens is 817 g/mol. The molecule has 0 aromatic heterocycles. The van der Waals surface area contributed by atoms with E-state index in [0.717, 1.165) is 73.0 Å². The highest BCUT2D eigenvalue weighted by Gasteiger charge is 2.18. The summed E-state index contributed by atoms with van der Waals surface area (Å²) >= 11 is 0. The van der Waals surface area contributed by atoms with Crippen LogP contribution in [0.15, 0.2) is 36.4 Å². The molecule has 3 aromatic rings. The number of ether oxygens (including phenoxy) is 6. The van der Waals surface area contributed by atoms with Crippen LogP contribution in [0.4, 0.5) is 0 Å². The molecule has 0 unspecified atom stereocenters. The van der Waals surface area contributed by atoms with Crippen LogP contribution in [0.25, 0.3) is 0 Å². The lowest BCUT2D eigenvalue weighted by Gasteiger charge is -2.21. The zero-order valence-corrected chi connectivity index (χ0v) is 43.4. The van der Waals surface area contributed by atoms with Gasteiger partial charge < -0.3 is 28.4 Å². The minimum absolute atomic E-state index is 0.403. The minimum atomic E-state index is 0.403. The zero-order valence-electron chi connectivity index (χ0n) is 43.4. The Hall–Kier alpha value is -3.54. The van der Waals surface area contributed by atoms with Gasteiger partial charge >= 0.3 is 0 Å². The maximum Gasteiger partial charge on any atom is 0.161 e. The van der Waals surface area contributed by atoms with Crippen LogP contribution in [0.3, 0.4) is 0 Å². The van der Waals surface area contributed by atoms with E-state index in [2.05, 4.69) is 77.9 Å². The average Bonchev–Trinajstić information content (AvgIpc) is 3.32. The number of hydrogen-bond donors (Lipinski definition) is 0. The Kier molecular flexibility index (Phi) is 29.0. The van der Waals surface area contributed by atoms with Crippen LogP contribution in [0.5, 0.6) is 34.5 Å². The maximum absolute atomic E-state index is 6.67. The molecule has 6 nitrogen and oxygen atoms in total. The molecule has 0 saturated carbocycles. The molecule has 0 saturated heterocycles. The molecule has 1 heterocycles. The summed E-state index contributed by atoms with van der Waals surface area (Å²) in [4.78, 5) is 0. The van der Waals surface area contributed by atoms with Crippen molar-refractivity contribution in [3.05, 3.63) is 69.8 Å². The van der Waals surface area contributed by atoms with Gasteiger partial charge in [-0.2, -0.15) is 0 Å². The first kappa shape index (κ1) is 55.1. The van der Waals surface area contributed by atoms with E-state index >= 15 is 0 Å². The van der Waals surface area contributed by atoms with Gasteiger partial charge in [-0.3, -0.25) is 0 Å². The SMILES string of the molecule is CCCCCCc1cc2c(cc1CCCCCC)OCCOc1cc(CCCCCC)c(CCCCCC)cc1OCCOc1cc(CCCCCC)c(CCCCCC)cc1OCCO2. The van der Waals surface area contributed by atoms with Gasteiger partial charge in [0.25, 0.3) is 0 Å². The molecule has 4 rings (SSSR count). The highest BCUT2D eigenvalue weighted by Crippen LogP contribution is 2.37. The molecule has 0 bridgehead atoms. The molecule has 1 aliphatic rings. The molecular formula is C60H96O6. The monoisotopic (exact) mass is 913 g/mol. The lowest BCUT2D eigenvalue weighted by Crippen LogP contribution is -2.16. The topological polar surface area (TPSA) is 55.4 Å². The fourth-order valence-corrected chi connectivity index (χ4v) is 9.37. The summed E-state index contributed by atoms with van der Waals surface area (Å²) in [5, 5.41) is 0. The zero-order chi connectivity index (χ0) is 46.9. The second-order valence-corrected chi connectivity index (χ2v) is 19.2. The van der Waals surface area contributed by atoms with E-state index in [1.54, 1.807) is 0 Å². The molecule has 372 valence electrons. The van der Waals surface area contributed by atoms with E-state index in [9.17, 15) is 0 Å². The van der Waals surface area contributed by atoms with Crippen molar-refractivity contribution in [1.29, 1.82) is 0 Å². The number of rotatable bonds is 30. The number of hydrogen-bond acceptors (Lipinski definition) is 6. The molecule has 0 amide bonds. The van der Waals surface area contributed by atoms with Gasteiger partial charge in [0.15, 0.2) is 34.5 Å². The summed E-state index contributed by atoms with van der Waals surface area (Å²) in [6.07, 6.45) is 36.0. The fraction of sp³-hybridized carbons (Fsp3) is 0.700. The van der Waals surface area contributed by atoms with Gasteiger partial charge in [-0.15, -0.1) is 0 Å². The maximum atomic E-state index is 6.67. The van der Waals surface area contributed by atoms with Crippen LogP contribution >= 0.6 is 0 Å². The van der Waals surface area contributed by atoms with E-state index in [4.69, 9.17) is 28.4 Å². The quantitative estimate of drug-likeness (QED) is 0.0621. The standard InChI is InChI=1S/C60H96O6/c1-7-13-19-25-31-49-43-55-56(44-50(49)32-26-20-14-8-2)62-39-40-64-59-47-53(35-29-23-17-11-5)54(36-30-24-18-12-6)48-60(59)66-42-41-65-58-46-52(34-28-22-16-10-4)51(33-27-21-15-9-3)45-57(58)63-38-37-61-55/h43-48H,7-42H2,1-6H3. The van der Waals surface area contributed by atoms with Crippen molar-refractivity contribution in [2.24, 2.45) is 0 Å². The van der Waals surface area contributed by atoms with Gasteiger partial charge in [0.1, 0.15) is 39.6 Å². The Morgan fingerprint density at radius 3 is 0.515 bits per heavy atom. The first-order valence-corrected chi connectivity index (χ1v) is 27.8. The third-order valence-corrected chi connectivity index (χ3v) is 13.4. The molecule has 0 radical (unpaired) electrons. The lowest BCUT2D eigenvalue weighted by molar-refractivity contribution is 0.171. The predicted molar refractivity (Wildman–Crippen MR) is 279 cm³/mol. The average molecular weight is 913 g/mol. The van der Waals surface area contributed by atoms with Crippen molar-refractivity contribution < 1.29 is 28.4 Å². The highest BCUT2D eigenvalue weighted by molar-refractivity contribution is 5.50. The first-order valence-electron chi connectivity index (χ1n) is 27.8. The largest absolute Gasteiger partial charge is 0.486 e. The molecule has 0 spiro atoms. The van der Waals surface area contributed by atoms with Crippen LogP contribution in [0, 0.1) is 0 Å². The van der Waals surface area contributed by atoms with Crippen LogP contribution in [-0.2, 0) is 38.5 Å². The highest BCUT2D eigenvalue weighted by atomic mass is 16.6. The Labute approximate surface area is 405 Å². The van der Waals surface area contributed by atoms with Crippen LogP contribution < -0.4 is 28.4 Å². The van der Waals surface area contributed by atoms with Crippen molar-refractivity contribution in [1.82, 2.24) is 0 Å². The van der Waals surface area contributed by atoms with Crippen molar-refractivity contribution in [3.63, 3.8) is 0 Å². The molecule has 3 aromatic carbocycles. The van der Waals surface area contributed by atoms with Gasteiger partial charge in [-0.05, 0) is 147 Å². The van der Waals surface area contributed by atoms with Crippen molar-refractivity contribution in [3.8, 4) is 34.5 Å². The molecule has 66 heavy (non-hydrogen) atoms. The van der Waals surface area contributed by atoms with E-state index in [1.165, 1.54) is 187 Å². The minimum Gasteiger partial charge on any atom is -0.486 e. The van der Waals surface area contributed by atoms with Gasteiger partial charge in [-0.25, -0.2) is 0 Å². The van der Waals surface area contributed by atoms with Crippen LogP contribution in [0.1, 0.15) is 229 Å². The molecule has 0 atom stereocenters. The normalized spacial score (nSPS) is 13.4. The number of aryl methyl sites for hydroxylation is 6. The summed E-state index contributed by atoms with van der Waals surface area (Å²) in [7, 11) is 0. The Balaban J connectivity index is 1.73. The Morgan fingerprint density at radius 2 is 0.379 bits per heavy atom. The van der Waals surface area contributed by atoms with Gasteiger partial charge in [0, 0.05) is 0 Å². The number of fused-ring (bicyclic) bond motifs is 3. The lowest BCUT2D eigenvalue weighted by atomic mass is 9.96. The van der Waals surface area contributed by atoms with Crippen molar-refractivity contribution >= 4 is 0 Å². The van der Waals surface area contributed by atoms with Crippen LogP contribution in [0.2, 0.25) is 0 Å². The smallest absolute Gasteiger partial charge is 0.161 e.